The highest BCUT2D eigenvalue weighted by Crippen LogP contribution is 2.39. The normalized spacial score (nSPS) is 18.1. The largest absolute Gasteiger partial charge is 0.490 e. The van der Waals surface area contributed by atoms with E-state index in [0.717, 1.165) is 23.3 Å². The Morgan fingerprint density at radius 1 is 1.09 bits per heavy atom. The molecule has 1 N–H and O–H groups in total. The van der Waals surface area contributed by atoms with Gasteiger partial charge in [-0.3, -0.25) is 4.79 Å². The molecule has 0 bridgehead atoms. The lowest BCUT2D eigenvalue weighted by atomic mass is 9.98. The molecule has 0 spiro atoms. The van der Waals surface area contributed by atoms with Gasteiger partial charge in [-0.15, -0.1) is 22.7 Å². The van der Waals surface area contributed by atoms with Crippen LogP contribution in [0.4, 0.5) is 0 Å². The van der Waals surface area contributed by atoms with E-state index in [2.05, 4.69) is 10.8 Å². The van der Waals surface area contributed by atoms with Crippen LogP contribution in [0.25, 0.3) is 0 Å². The number of nitrogens with zero attached hydrogens (tertiary/aromatic N) is 1. The number of hydrogen-bond donors (Lipinski definition) is 1. The Morgan fingerprint density at radius 2 is 1.94 bits per heavy atom. The number of carbonyl (C=O) groups is 1. The Hall–Kier alpha value is -2.40. The number of fused-ring (bicyclic) bond motifs is 2. The van der Waals surface area contributed by atoms with Crippen LogP contribution in [-0.4, -0.2) is 45.5 Å². The van der Waals surface area contributed by atoms with Crippen molar-refractivity contribution in [1.29, 1.82) is 0 Å². The maximum atomic E-state index is 13.2. The van der Waals surface area contributed by atoms with Crippen molar-refractivity contribution in [3.8, 4) is 11.5 Å². The van der Waals surface area contributed by atoms with Crippen molar-refractivity contribution in [2.24, 2.45) is 0 Å². The summed E-state index contributed by atoms with van der Waals surface area (Å²) in [5.41, 5.74) is 1.13. The second-order valence-electron chi connectivity index (χ2n) is 7.54. The summed E-state index contributed by atoms with van der Waals surface area (Å²) >= 11 is 3.30. The van der Waals surface area contributed by atoms with Crippen LogP contribution >= 0.6 is 22.7 Å². The highest BCUT2D eigenvalue weighted by molar-refractivity contribution is 7.89. The van der Waals surface area contributed by atoms with E-state index >= 15 is 0 Å². The highest BCUT2D eigenvalue weighted by Gasteiger charge is 2.33. The van der Waals surface area contributed by atoms with Gasteiger partial charge in [-0.25, -0.2) is 13.1 Å². The van der Waals surface area contributed by atoms with E-state index < -0.39 is 10.0 Å². The standard InChI is InChI=1S/C22H22N2O5S3/c25-21(24-8-6-19-16(7-12-31-19)22(24)20-3-1-11-30-20)14-23-32(26,27)15-4-5-17-18(13-15)29-10-2-9-28-17/h1,3-5,7,11-13,22-23H,2,6,8-10,14H2. The number of sulfonamides is 1. The molecule has 1 atom stereocenters. The van der Waals surface area contributed by atoms with Crippen LogP contribution in [-0.2, 0) is 21.2 Å². The van der Waals surface area contributed by atoms with Crippen molar-refractivity contribution in [3.05, 3.63) is 62.5 Å². The Balaban J connectivity index is 1.33. The molecule has 3 aromatic rings. The molecule has 32 heavy (non-hydrogen) atoms. The van der Waals surface area contributed by atoms with Crippen molar-refractivity contribution < 1.29 is 22.7 Å². The minimum Gasteiger partial charge on any atom is -0.490 e. The summed E-state index contributed by atoms with van der Waals surface area (Å²) in [6.45, 7) is 1.24. The first-order chi connectivity index (χ1) is 15.5. The lowest BCUT2D eigenvalue weighted by molar-refractivity contribution is -0.131. The highest BCUT2D eigenvalue weighted by atomic mass is 32.2. The molecule has 0 saturated carbocycles. The topological polar surface area (TPSA) is 84.9 Å². The molecule has 0 fully saturated rings. The summed E-state index contributed by atoms with van der Waals surface area (Å²) in [6, 6.07) is 10.4. The molecule has 5 rings (SSSR count). The number of nitrogens with one attached hydrogen (secondary N) is 1. The molecule has 0 saturated heterocycles. The zero-order valence-electron chi connectivity index (χ0n) is 17.2. The maximum absolute atomic E-state index is 13.2. The SMILES string of the molecule is O=C(CNS(=O)(=O)c1ccc2c(c1)OCCCO2)N1CCc2sccc2C1c1cccs1. The van der Waals surface area contributed by atoms with E-state index in [1.165, 1.54) is 17.0 Å². The Bertz CT molecular complexity index is 1220. The summed E-state index contributed by atoms with van der Waals surface area (Å²) in [4.78, 5) is 17.3. The first kappa shape index (κ1) is 21.4. The van der Waals surface area contributed by atoms with Gasteiger partial charge in [-0.05, 0) is 47.0 Å². The summed E-state index contributed by atoms with van der Waals surface area (Å²) < 4.78 is 39.4. The minimum absolute atomic E-state index is 0.0446. The van der Waals surface area contributed by atoms with Gasteiger partial charge in [-0.1, -0.05) is 6.07 Å². The average Bonchev–Trinajstić information content (AvgIpc) is 3.44. The van der Waals surface area contributed by atoms with Gasteiger partial charge in [0.2, 0.25) is 15.9 Å². The number of thiophene rings is 2. The number of carbonyl (C=O) groups excluding carboxylic acids is 1. The molecule has 10 heteroatoms. The average molecular weight is 491 g/mol. The van der Waals surface area contributed by atoms with Gasteiger partial charge in [0.15, 0.2) is 11.5 Å². The predicted molar refractivity (Wildman–Crippen MR) is 123 cm³/mol. The minimum atomic E-state index is -3.89. The third-order valence-electron chi connectivity index (χ3n) is 5.54. The molecule has 4 heterocycles. The van der Waals surface area contributed by atoms with Crippen LogP contribution in [0.5, 0.6) is 11.5 Å². The van der Waals surface area contributed by atoms with Crippen molar-refractivity contribution in [2.45, 2.75) is 23.8 Å². The number of rotatable bonds is 5. The van der Waals surface area contributed by atoms with Crippen LogP contribution in [0.15, 0.2) is 52.1 Å². The third-order valence-corrected chi connectivity index (χ3v) is 8.86. The number of amides is 1. The van der Waals surface area contributed by atoms with Gasteiger partial charge in [0, 0.05) is 28.8 Å². The van der Waals surface area contributed by atoms with Gasteiger partial charge in [0.1, 0.15) is 0 Å². The van der Waals surface area contributed by atoms with Crippen LogP contribution < -0.4 is 14.2 Å². The molecular weight excluding hydrogens is 468 g/mol. The Kier molecular flexibility index (Phi) is 5.93. The van der Waals surface area contributed by atoms with Crippen molar-refractivity contribution in [3.63, 3.8) is 0 Å². The first-order valence-corrected chi connectivity index (χ1v) is 13.6. The molecular formula is C22H22N2O5S3. The molecule has 2 aromatic heterocycles. The van der Waals surface area contributed by atoms with E-state index in [0.29, 0.717) is 31.3 Å². The number of benzene rings is 1. The fourth-order valence-electron chi connectivity index (χ4n) is 3.99. The van der Waals surface area contributed by atoms with Gasteiger partial charge >= 0.3 is 0 Å². The van der Waals surface area contributed by atoms with Crippen LogP contribution in [0.2, 0.25) is 0 Å². The van der Waals surface area contributed by atoms with E-state index in [-0.39, 0.29) is 23.4 Å². The molecule has 2 aliphatic rings. The van der Waals surface area contributed by atoms with Crippen molar-refractivity contribution >= 4 is 38.6 Å². The Morgan fingerprint density at radius 3 is 2.75 bits per heavy atom. The monoisotopic (exact) mass is 490 g/mol. The van der Waals surface area contributed by atoms with Crippen LogP contribution in [0.1, 0.15) is 27.8 Å². The van der Waals surface area contributed by atoms with E-state index in [9.17, 15) is 13.2 Å². The fourth-order valence-corrected chi connectivity index (χ4v) is 6.74. The second-order valence-corrected chi connectivity index (χ2v) is 11.3. The van der Waals surface area contributed by atoms with Crippen molar-refractivity contribution in [1.82, 2.24) is 9.62 Å². The lowest BCUT2D eigenvalue weighted by Gasteiger charge is -2.35. The Labute approximate surface area is 194 Å². The van der Waals surface area contributed by atoms with Gasteiger partial charge in [0.05, 0.1) is 30.7 Å². The summed E-state index contributed by atoms with van der Waals surface area (Å²) in [5, 5.41) is 4.04. The smallest absolute Gasteiger partial charge is 0.241 e. The van der Waals surface area contributed by atoms with E-state index in [4.69, 9.17) is 9.47 Å². The van der Waals surface area contributed by atoms with Gasteiger partial charge in [0.25, 0.3) is 0 Å². The third kappa shape index (κ3) is 4.15. The number of hydrogen-bond acceptors (Lipinski definition) is 7. The zero-order valence-corrected chi connectivity index (χ0v) is 19.6. The molecule has 1 unspecified atom stereocenters. The lowest BCUT2D eigenvalue weighted by Crippen LogP contribution is -2.45. The van der Waals surface area contributed by atoms with Gasteiger partial charge < -0.3 is 14.4 Å². The van der Waals surface area contributed by atoms with Crippen molar-refractivity contribution in [2.75, 3.05) is 26.3 Å². The maximum Gasteiger partial charge on any atom is 0.241 e. The molecule has 1 amide bonds. The fraction of sp³-hybridized carbons (Fsp3) is 0.318. The summed E-state index contributed by atoms with van der Waals surface area (Å²) in [7, 11) is -3.89. The first-order valence-electron chi connectivity index (χ1n) is 10.3. The van der Waals surface area contributed by atoms with Gasteiger partial charge in [-0.2, -0.15) is 0 Å². The molecule has 2 aliphatic heterocycles. The second kappa shape index (κ2) is 8.86. The quantitative estimate of drug-likeness (QED) is 0.592. The zero-order chi connectivity index (χ0) is 22.1. The molecule has 1 aromatic carbocycles. The summed E-state index contributed by atoms with van der Waals surface area (Å²) in [5.74, 6) is 0.671. The van der Waals surface area contributed by atoms with E-state index in [1.807, 2.05) is 22.9 Å². The van der Waals surface area contributed by atoms with Crippen LogP contribution in [0, 0.1) is 0 Å². The van der Waals surface area contributed by atoms with Crippen LogP contribution in [0.3, 0.4) is 0 Å². The molecule has 7 nitrogen and oxygen atoms in total. The molecule has 0 aliphatic carbocycles. The molecule has 0 radical (unpaired) electrons. The molecule has 168 valence electrons. The predicted octanol–water partition coefficient (Wildman–Crippen LogP) is 3.42. The number of ether oxygens (including phenoxy) is 2. The summed E-state index contributed by atoms with van der Waals surface area (Å²) in [6.07, 6.45) is 1.51. The van der Waals surface area contributed by atoms with E-state index in [1.54, 1.807) is 33.6 Å².